The predicted molar refractivity (Wildman–Crippen MR) is 35.9 cm³/mol. The summed E-state index contributed by atoms with van der Waals surface area (Å²) in [5.74, 6) is -7.22. The molecule has 0 aromatic heterocycles. The molecule has 3 N–H and O–H groups in total. The Morgan fingerprint density at radius 1 is 1.64 bits per heavy atom. The summed E-state index contributed by atoms with van der Waals surface area (Å²) in [7, 11) is 0. The number of rotatable bonds is 2. The number of nitrogens with two attached hydrogens (primary N) is 1. The van der Waals surface area contributed by atoms with E-state index in [1.165, 1.54) is 0 Å². The smallest absolute Gasteiger partial charge is 0.313 e. The van der Waals surface area contributed by atoms with Crippen LogP contribution >= 0.6 is 12.4 Å². The van der Waals surface area contributed by atoms with Gasteiger partial charge in [-0.2, -0.15) is 0 Å². The Morgan fingerprint density at radius 2 is 2.09 bits per heavy atom. The Kier molecular flexibility index (Phi) is 2.79. The maximum absolute atomic E-state index is 12.3. The summed E-state index contributed by atoms with van der Waals surface area (Å²) in [5.41, 5.74) is 4.89. The van der Waals surface area contributed by atoms with Crippen molar-refractivity contribution in [2.45, 2.75) is 5.92 Å². The van der Waals surface area contributed by atoms with E-state index in [4.69, 9.17) is 10.8 Å². The maximum Gasteiger partial charge on any atom is 0.313 e. The summed E-state index contributed by atoms with van der Waals surface area (Å²) >= 11 is 0. The zero-order chi connectivity index (χ0) is 7.94. The summed E-state index contributed by atoms with van der Waals surface area (Å²) in [6.45, 7) is -0.260. The highest BCUT2D eigenvalue weighted by atomic mass is 35.5. The van der Waals surface area contributed by atoms with Crippen LogP contribution in [0.1, 0.15) is 0 Å². The zero-order valence-electron chi connectivity index (χ0n) is 5.46. The molecule has 0 saturated heterocycles. The van der Waals surface area contributed by atoms with Crippen molar-refractivity contribution < 1.29 is 18.7 Å². The molecule has 0 amide bonds. The fraction of sp³-hybridized carbons (Fsp3) is 0.800. The van der Waals surface area contributed by atoms with Gasteiger partial charge in [0.05, 0.1) is 5.92 Å². The molecule has 1 saturated carbocycles. The number of halogens is 3. The van der Waals surface area contributed by atoms with Crippen molar-refractivity contribution in [3.05, 3.63) is 0 Å². The van der Waals surface area contributed by atoms with Crippen molar-refractivity contribution >= 4 is 18.4 Å². The third-order valence-corrected chi connectivity index (χ3v) is 1.72. The first kappa shape index (κ1) is 10.6. The SMILES string of the molecule is Cl.NC[C@@H]1[C@H](C(=O)O)C1(F)F. The van der Waals surface area contributed by atoms with E-state index in [1.807, 2.05) is 0 Å². The molecule has 0 bridgehead atoms. The lowest BCUT2D eigenvalue weighted by Crippen LogP contribution is -2.07. The molecule has 0 aromatic rings. The number of carboxylic acids is 1. The molecule has 11 heavy (non-hydrogen) atoms. The van der Waals surface area contributed by atoms with Crippen molar-refractivity contribution in [1.29, 1.82) is 0 Å². The Labute approximate surface area is 68.0 Å². The van der Waals surface area contributed by atoms with Gasteiger partial charge >= 0.3 is 5.97 Å². The van der Waals surface area contributed by atoms with Crippen LogP contribution in [0.3, 0.4) is 0 Å². The third-order valence-electron chi connectivity index (χ3n) is 1.72. The van der Waals surface area contributed by atoms with Gasteiger partial charge in [-0.05, 0) is 0 Å². The van der Waals surface area contributed by atoms with E-state index in [2.05, 4.69) is 0 Å². The van der Waals surface area contributed by atoms with Crippen LogP contribution in [-0.4, -0.2) is 23.5 Å². The van der Waals surface area contributed by atoms with Gasteiger partial charge in [-0.1, -0.05) is 0 Å². The second-order valence-corrected chi connectivity index (χ2v) is 2.33. The van der Waals surface area contributed by atoms with Gasteiger partial charge in [-0.25, -0.2) is 8.78 Å². The van der Waals surface area contributed by atoms with Gasteiger partial charge in [0.2, 0.25) is 0 Å². The molecule has 0 heterocycles. The lowest BCUT2D eigenvalue weighted by molar-refractivity contribution is -0.140. The van der Waals surface area contributed by atoms with Crippen LogP contribution in [0.15, 0.2) is 0 Å². The molecule has 0 radical (unpaired) electrons. The normalized spacial score (nSPS) is 32.3. The van der Waals surface area contributed by atoms with Gasteiger partial charge in [0, 0.05) is 6.54 Å². The molecule has 66 valence electrons. The van der Waals surface area contributed by atoms with Gasteiger partial charge < -0.3 is 10.8 Å². The number of hydrogen-bond acceptors (Lipinski definition) is 2. The first-order valence-corrected chi connectivity index (χ1v) is 2.82. The summed E-state index contributed by atoms with van der Waals surface area (Å²) in [5, 5.41) is 8.15. The van der Waals surface area contributed by atoms with Crippen LogP contribution in [0.4, 0.5) is 8.78 Å². The molecule has 1 rings (SSSR count). The molecule has 0 spiro atoms. The van der Waals surface area contributed by atoms with Crippen LogP contribution in [-0.2, 0) is 4.79 Å². The number of hydrogen-bond donors (Lipinski definition) is 2. The first-order chi connectivity index (χ1) is 4.51. The largest absolute Gasteiger partial charge is 0.481 e. The molecule has 3 nitrogen and oxygen atoms in total. The van der Waals surface area contributed by atoms with Gasteiger partial charge in [0.1, 0.15) is 5.92 Å². The molecule has 2 atom stereocenters. The molecular formula is C5H8ClF2NO2. The van der Waals surface area contributed by atoms with Crippen molar-refractivity contribution in [3.8, 4) is 0 Å². The van der Waals surface area contributed by atoms with Gasteiger partial charge in [-0.15, -0.1) is 12.4 Å². The molecule has 1 aliphatic rings. The Balaban J connectivity index is 0.000001000. The molecule has 0 aromatic carbocycles. The Morgan fingerprint density at radius 3 is 2.18 bits per heavy atom. The summed E-state index contributed by atoms with van der Waals surface area (Å²) in [6, 6.07) is 0. The summed E-state index contributed by atoms with van der Waals surface area (Å²) in [4.78, 5) is 10.0. The highest BCUT2D eigenvalue weighted by Gasteiger charge is 2.71. The fourth-order valence-corrected chi connectivity index (χ4v) is 1.02. The summed E-state index contributed by atoms with van der Waals surface area (Å²) in [6.07, 6.45) is 0. The van der Waals surface area contributed by atoms with Gasteiger partial charge in [-0.3, -0.25) is 4.79 Å². The van der Waals surface area contributed by atoms with E-state index in [1.54, 1.807) is 0 Å². The van der Waals surface area contributed by atoms with Crippen LogP contribution in [0.5, 0.6) is 0 Å². The average molecular weight is 188 g/mol. The minimum absolute atomic E-state index is 0. The lowest BCUT2D eigenvalue weighted by atomic mass is 10.3. The van der Waals surface area contributed by atoms with E-state index in [9.17, 15) is 13.6 Å². The fourth-order valence-electron chi connectivity index (χ4n) is 1.02. The highest BCUT2D eigenvalue weighted by Crippen LogP contribution is 2.54. The molecule has 1 aliphatic carbocycles. The Hall–Kier alpha value is -0.420. The highest BCUT2D eigenvalue weighted by molar-refractivity contribution is 5.85. The second-order valence-electron chi connectivity index (χ2n) is 2.33. The van der Waals surface area contributed by atoms with Gasteiger partial charge in [0.15, 0.2) is 0 Å². The topological polar surface area (TPSA) is 63.3 Å². The lowest BCUT2D eigenvalue weighted by Gasteiger charge is -1.87. The van der Waals surface area contributed by atoms with E-state index >= 15 is 0 Å². The molecule has 0 unspecified atom stereocenters. The van der Waals surface area contributed by atoms with E-state index in [-0.39, 0.29) is 19.0 Å². The maximum atomic E-state index is 12.3. The predicted octanol–water partition coefficient (Wildman–Crippen LogP) is 0.333. The van der Waals surface area contributed by atoms with Crippen molar-refractivity contribution in [1.82, 2.24) is 0 Å². The monoisotopic (exact) mass is 187 g/mol. The van der Waals surface area contributed by atoms with Crippen LogP contribution in [0.2, 0.25) is 0 Å². The van der Waals surface area contributed by atoms with E-state index < -0.39 is 23.7 Å². The van der Waals surface area contributed by atoms with Crippen LogP contribution in [0, 0.1) is 11.8 Å². The van der Waals surface area contributed by atoms with Crippen LogP contribution < -0.4 is 5.73 Å². The average Bonchev–Trinajstić information content (AvgIpc) is 2.33. The quantitative estimate of drug-likeness (QED) is 0.655. The zero-order valence-corrected chi connectivity index (χ0v) is 6.28. The van der Waals surface area contributed by atoms with Gasteiger partial charge in [0.25, 0.3) is 5.92 Å². The molecular weight excluding hydrogens is 180 g/mol. The third kappa shape index (κ3) is 1.44. The van der Waals surface area contributed by atoms with E-state index in [0.717, 1.165) is 0 Å². The number of carbonyl (C=O) groups is 1. The van der Waals surface area contributed by atoms with Crippen LogP contribution in [0.25, 0.3) is 0 Å². The van der Waals surface area contributed by atoms with Crippen molar-refractivity contribution in [2.24, 2.45) is 17.6 Å². The number of carboxylic acid groups (broad SMARTS) is 1. The van der Waals surface area contributed by atoms with E-state index in [0.29, 0.717) is 0 Å². The number of alkyl halides is 2. The molecule has 0 aliphatic heterocycles. The Bertz CT molecular complexity index is 176. The second kappa shape index (κ2) is 2.91. The molecule has 1 fully saturated rings. The van der Waals surface area contributed by atoms with Crippen molar-refractivity contribution in [2.75, 3.05) is 6.54 Å². The summed E-state index contributed by atoms with van der Waals surface area (Å²) < 4.78 is 24.5. The van der Waals surface area contributed by atoms with Crippen molar-refractivity contribution in [3.63, 3.8) is 0 Å². The standard InChI is InChI=1S/C5H7F2NO2.ClH/c6-5(7)2(1-8)3(5)4(9)10;/h2-3H,1,8H2,(H,9,10);1H/t2-,3-;/m1./s1. The first-order valence-electron chi connectivity index (χ1n) is 2.82. The minimum atomic E-state index is -3.07. The number of aliphatic carboxylic acids is 1. The molecule has 6 heteroatoms. The minimum Gasteiger partial charge on any atom is -0.481 e.